The first-order valence-corrected chi connectivity index (χ1v) is 10.3. The molecule has 162 valence electrons. The van der Waals surface area contributed by atoms with E-state index in [1.165, 1.54) is 12.1 Å². The van der Waals surface area contributed by atoms with Crippen LogP contribution in [-0.4, -0.2) is 30.6 Å². The van der Waals surface area contributed by atoms with Crippen molar-refractivity contribution in [2.24, 2.45) is 5.41 Å². The molecular formula is C23H21N5O4. The number of phenols is 1. The van der Waals surface area contributed by atoms with Gasteiger partial charge in [0, 0.05) is 35.4 Å². The van der Waals surface area contributed by atoms with Gasteiger partial charge in [-0.3, -0.25) is 14.9 Å². The number of anilines is 1. The minimum Gasteiger partial charge on any atom is -0.508 e. The van der Waals surface area contributed by atoms with Crippen molar-refractivity contribution in [2.75, 3.05) is 5.32 Å². The van der Waals surface area contributed by atoms with E-state index in [4.69, 9.17) is 0 Å². The molecule has 0 bridgehead atoms. The number of fused-ring (bicyclic) bond motifs is 1. The highest BCUT2D eigenvalue weighted by molar-refractivity contribution is 6.00. The van der Waals surface area contributed by atoms with Crippen molar-refractivity contribution in [2.45, 2.75) is 32.7 Å². The monoisotopic (exact) mass is 431 g/mol. The van der Waals surface area contributed by atoms with Gasteiger partial charge in [-0.15, -0.1) is 5.10 Å². The van der Waals surface area contributed by atoms with Crippen molar-refractivity contribution >= 4 is 17.4 Å². The van der Waals surface area contributed by atoms with E-state index in [1.54, 1.807) is 41.1 Å². The van der Waals surface area contributed by atoms with Gasteiger partial charge < -0.3 is 10.4 Å². The summed E-state index contributed by atoms with van der Waals surface area (Å²) in [4.78, 5) is 28.8. The smallest absolute Gasteiger partial charge is 0.269 e. The largest absolute Gasteiger partial charge is 0.508 e. The van der Waals surface area contributed by atoms with Crippen LogP contribution in [0.15, 0.2) is 59.8 Å². The molecule has 1 unspecified atom stereocenters. The van der Waals surface area contributed by atoms with Crippen molar-refractivity contribution < 1.29 is 14.8 Å². The number of nitro benzene ring substituents is 1. The number of aromatic nitrogens is 3. The van der Waals surface area contributed by atoms with Gasteiger partial charge in [-0.2, -0.15) is 4.98 Å². The molecule has 0 spiro atoms. The zero-order valence-electron chi connectivity index (χ0n) is 17.6. The minimum atomic E-state index is -0.636. The van der Waals surface area contributed by atoms with Gasteiger partial charge in [0.25, 0.3) is 5.69 Å². The van der Waals surface area contributed by atoms with Crippen LogP contribution in [0, 0.1) is 15.5 Å². The van der Waals surface area contributed by atoms with Crippen LogP contribution in [0.3, 0.4) is 0 Å². The molecule has 3 aromatic rings. The van der Waals surface area contributed by atoms with Crippen LogP contribution in [0.4, 0.5) is 11.6 Å². The summed E-state index contributed by atoms with van der Waals surface area (Å²) >= 11 is 0. The fourth-order valence-electron chi connectivity index (χ4n) is 4.49. The van der Waals surface area contributed by atoms with E-state index in [0.29, 0.717) is 41.3 Å². The SMILES string of the molecule is CC1(C)CC(=O)C2=C(C1)Nc1nc(-c3cccc(O)c3)nn1C2c1cccc([N+](=O)[O-])c1. The Morgan fingerprint density at radius 1 is 1.19 bits per heavy atom. The lowest BCUT2D eigenvalue weighted by atomic mass is 9.73. The summed E-state index contributed by atoms with van der Waals surface area (Å²) in [5.41, 5.74) is 2.27. The van der Waals surface area contributed by atoms with Crippen LogP contribution in [0.2, 0.25) is 0 Å². The maximum absolute atomic E-state index is 13.3. The molecule has 0 saturated carbocycles. The van der Waals surface area contributed by atoms with E-state index >= 15 is 0 Å². The minimum absolute atomic E-state index is 0.0136. The third-order valence-corrected chi connectivity index (χ3v) is 5.83. The Hall–Kier alpha value is -4.01. The molecular weight excluding hydrogens is 410 g/mol. The Bertz CT molecular complexity index is 1310. The lowest BCUT2D eigenvalue weighted by Crippen LogP contribution is -2.36. The van der Waals surface area contributed by atoms with Crippen molar-refractivity contribution in [3.63, 3.8) is 0 Å². The Morgan fingerprint density at radius 2 is 1.97 bits per heavy atom. The zero-order valence-corrected chi connectivity index (χ0v) is 17.6. The average molecular weight is 431 g/mol. The van der Waals surface area contributed by atoms with Gasteiger partial charge in [0.15, 0.2) is 11.6 Å². The first-order chi connectivity index (χ1) is 15.2. The molecule has 1 atom stereocenters. The van der Waals surface area contributed by atoms with Crippen molar-refractivity contribution in [1.29, 1.82) is 0 Å². The zero-order chi connectivity index (χ0) is 22.6. The van der Waals surface area contributed by atoms with E-state index in [9.17, 15) is 20.0 Å². The van der Waals surface area contributed by atoms with E-state index in [-0.39, 0.29) is 22.6 Å². The summed E-state index contributed by atoms with van der Waals surface area (Å²) < 4.78 is 1.60. The first-order valence-electron chi connectivity index (χ1n) is 10.3. The Morgan fingerprint density at radius 3 is 2.72 bits per heavy atom. The van der Waals surface area contributed by atoms with Gasteiger partial charge in [-0.05, 0) is 29.5 Å². The number of rotatable bonds is 3. The maximum atomic E-state index is 13.3. The quantitative estimate of drug-likeness (QED) is 0.470. The molecule has 2 heterocycles. The fourth-order valence-corrected chi connectivity index (χ4v) is 4.49. The summed E-state index contributed by atoms with van der Waals surface area (Å²) in [6.45, 7) is 4.08. The lowest BCUT2D eigenvalue weighted by Gasteiger charge is -2.38. The Balaban J connectivity index is 1.70. The molecule has 5 rings (SSSR count). The van der Waals surface area contributed by atoms with Crippen LogP contribution >= 0.6 is 0 Å². The number of nitro groups is 1. The number of carbonyl (C=O) groups excluding carboxylic acids is 1. The van der Waals surface area contributed by atoms with Gasteiger partial charge >= 0.3 is 0 Å². The molecule has 2 N–H and O–H groups in total. The second-order valence-electron chi connectivity index (χ2n) is 8.97. The molecule has 0 saturated heterocycles. The summed E-state index contributed by atoms with van der Waals surface area (Å²) in [7, 11) is 0. The second-order valence-corrected chi connectivity index (χ2v) is 8.97. The number of phenolic OH excluding ortho intramolecular Hbond substituents is 1. The van der Waals surface area contributed by atoms with Gasteiger partial charge in [0.2, 0.25) is 5.95 Å². The molecule has 0 fully saturated rings. The summed E-state index contributed by atoms with van der Waals surface area (Å²) in [6.07, 6.45) is 1.02. The number of aromatic hydroxyl groups is 1. The molecule has 0 radical (unpaired) electrons. The number of nitrogens with one attached hydrogen (secondary N) is 1. The third-order valence-electron chi connectivity index (χ3n) is 5.83. The molecule has 1 aliphatic carbocycles. The number of nitrogens with zero attached hydrogens (tertiary/aromatic N) is 4. The Kier molecular flexibility index (Phi) is 4.37. The molecule has 2 aliphatic rings. The normalized spacial score (nSPS) is 19.2. The van der Waals surface area contributed by atoms with Gasteiger partial charge in [-0.25, -0.2) is 4.68 Å². The third kappa shape index (κ3) is 3.31. The van der Waals surface area contributed by atoms with Gasteiger partial charge in [-0.1, -0.05) is 38.1 Å². The highest BCUT2D eigenvalue weighted by Gasteiger charge is 2.42. The predicted octanol–water partition coefficient (Wildman–Crippen LogP) is 4.22. The number of ketones is 1. The number of hydrogen-bond donors (Lipinski definition) is 2. The average Bonchev–Trinajstić information content (AvgIpc) is 3.15. The highest BCUT2D eigenvalue weighted by Crippen LogP contribution is 2.46. The number of allylic oxidation sites excluding steroid dienone is 2. The topological polar surface area (TPSA) is 123 Å². The van der Waals surface area contributed by atoms with E-state index in [2.05, 4.69) is 15.4 Å². The number of benzene rings is 2. The van der Waals surface area contributed by atoms with E-state index < -0.39 is 11.0 Å². The second kappa shape index (κ2) is 7.01. The Labute approximate surface area is 183 Å². The predicted molar refractivity (Wildman–Crippen MR) is 117 cm³/mol. The van der Waals surface area contributed by atoms with E-state index in [0.717, 1.165) is 5.70 Å². The standard InChI is InChI=1S/C23H21N5O4/c1-23(2)11-17-19(18(30)12-23)20(13-5-3-7-15(9-13)28(31)32)27-22(24-17)25-21(26-27)14-6-4-8-16(29)10-14/h3-10,20,29H,11-12H2,1-2H3,(H,24,25,26). The molecule has 1 aromatic heterocycles. The van der Waals surface area contributed by atoms with Crippen LogP contribution in [0.1, 0.15) is 38.3 Å². The van der Waals surface area contributed by atoms with Crippen LogP contribution in [0.5, 0.6) is 5.75 Å². The number of Topliss-reactive ketones (excluding diaryl/α,β-unsaturated/α-hetero) is 1. The summed E-state index contributed by atoms with van der Waals surface area (Å²) in [5, 5.41) is 29.2. The van der Waals surface area contributed by atoms with Crippen molar-refractivity contribution in [3.05, 3.63) is 75.5 Å². The summed E-state index contributed by atoms with van der Waals surface area (Å²) in [6, 6.07) is 12.2. The molecule has 9 nitrogen and oxygen atoms in total. The number of non-ortho nitro benzene ring substituents is 1. The molecule has 32 heavy (non-hydrogen) atoms. The van der Waals surface area contributed by atoms with Crippen LogP contribution in [-0.2, 0) is 4.79 Å². The molecule has 0 amide bonds. The highest BCUT2D eigenvalue weighted by atomic mass is 16.6. The number of hydrogen-bond acceptors (Lipinski definition) is 7. The van der Waals surface area contributed by atoms with Gasteiger partial charge in [0.1, 0.15) is 11.8 Å². The molecule has 2 aromatic carbocycles. The fraction of sp³-hybridized carbons (Fsp3) is 0.261. The van der Waals surface area contributed by atoms with Crippen LogP contribution in [0.25, 0.3) is 11.4 Å². The number of carbonyl (C=O) groups is 1. The van der Waals surface area contributed by atoms with Crippen molar-refractivity contribution in [1.82, 2.24) is 14.8 Å². The summed E-state index contributed by atoms with van der Waals surface area (Å²) in [5.74, 6) is 0.905. The first kappa shape index (κ1) is 19.9. The molecule has 9 heteroatoms. The van der Waals surface area contributed by atoms with Gasteiger partial charge in [0.05, 0.1) is 4.92 Å². The van der Waals surface area contributed by atoms with Crippen LogP contribution < -0.4 is 5.32 Å². The van der Waals surface area contributed by atoms with Crippen molar-refractivity contribution in [3.8, 4) is 17.1 Å². The maximum Gasteiger partial charge on any atom is 0.269 e. The van der Waals surface area contributed by atoms with E-state index in [1.807, 2.05) is 13.8 Å². The lowest BCUT2D eigenvalue weighted by molar-refractivity contribution is -0.384. The molecule has 1 aliphatic heterocycles.